The molecule has 1 atom stereocenters. The second-order valence-electron chi connectivity index (χ2n) is 7.26. The lowest BCUT2D eigenvalue weighted by molar-refractivity contribution is -0.122. The monoisotopic (exact) mass is 470 g/mol. The molecule has 3 aromatic carbocycles. The smallest absolute Gasteiger partial charge is 0.265 e. The Morgan fingerprint density at radius 2 is 1.91 bits per heavy atom. The molecule has 3 aromatic rings. The molecule has 1 aliphatic rings. The number of amides is 2. The molecule has 0 aliphatic carbocycles. The van der Waals surface area contributed by atoms with Crippen LogP contribution in [-0.2, 0) is 16.1 Å². The summed E-state index contributed by atoms with van der Waals surface area (Å²) in [6.45, 7) is 1.99. The van der Waals surface area contributed by atoms with Crippen LogP contribution < -0.4 is 19.7 Å². The van der Waals surface area contributed by atoms with Gasteiger partial charge in [-0.2, -0.15) is 0 Å². The maximum absolute atomic E-state index is 12.7. The summed E-state index contributed by atoms with van der Waals surface area (Å²) in [6, 6.07) is 19.6. The summed E-state index contributed by atoms with van der Waals surface area (Å²) in [5.74, 6) is 0.417. The van der Waals surface area contributed by atoms with Crippen LogP contribution in [-0.4, -0.2) is 24.5 Å². The minimum absolute atomic E-state index is 0.0295. The molecule has 6 nitrogen and oxygen atoms in total. The van der Waals surface area contributed by atoms with Crippen LogP contribution in [0.15, 0.2) is 66.7 Å². The van der Waals surface area contributed by atoms with Crippen LogP contribution in [0.2, 0.25) is 10.0 Å². The number of halogens is 2. The number of benzene rings is 3. The first kappa shape index (κ1) is 22.0. The Morgan fingerprint density at radius 3 is 2.66 bits per heavy atom. The van der Waals surface area contributed by atoms with Gasteiger partial charge in [-0.1, -0.05) is 53.5 Å². The zero-order valence-electron chi connectivity index (χ0n) is 17.2. The van der Waals surface area contributed by atoms with Gasteiger partial charge < -0.3 is 19.7 Å². The minimum Gasteiger partial charge on any atom is -0.482 e. The molecule has 1 N–H and O–H groups in total. The number of carbonyl (C=O) groups is 2. The van der Waals surface area contributed by atoms with Gasteiger partial charge in [0.1, 0.15) is 11.5 Å². The van der Waals surface area contributed by atoms with Crippen molar-refractivity contribution >= 4 is 46.4 Å². The molecule has 32 heavy (non-hydrogen) atoms. The van der Waals surface area contributed by atoms with Crippen LogP contribution in [0.4, 0.5) is 11.4 Å². The molecule has 1 aliphatic heterocycles. The van der Waals surface area contributed by atoms with Crippen LogP contribution >= 0.6 is 23.2 Å². The van der Waals surface area contributed by atoms with E-state index in [1.807, 2.05) is 30.3 Å². The van der Waals surface area contributed by atoms with Gasteiger partial charge >= 0.3 is 0 Å². The maximum Gasteiger partial charge on any atom is 0.265 e. The standard InChI is InChI=1S/C24H20Cl2N2O4/c1-15(32-21-9-7-17(25)11-19(21)26)24(30)27-18-8-10-22-20(12-18)28(23(29)14-31-22)13-16-5-3-2-4-6-16/h2-12,15H,13-14H2,1H3,(H,27,30). The maximum atomic E-state index is 12.7. The summed E-state index contributed by atoms with van der Waals surface area (Å²) in [5, 5.41) is 3.61. The van der Waals surface area contributed by atoms with E-state index in [-0.39, 0.29) is 18.4 Å². The van der Waals surface area contributed by atoms with Gasteiger partial charge in [-0.3, -0.25) is 9.59 Å². The molecule has 0 spiro atoms. The molecule has 0 bridgehead atoms. The summed E-state index contributed by atoms with van der Waals surface area (Å²) >= 11 is 12.0. The number of ether oxygens (including phenoxy) is 2. The molecule has 0 radical (unpaired) electrons. The average molecular weight is 471 g/mol. The van der Waals surface area contributed by atoms with Gasteiger partial charge in [0.25, 0.3) is 11.8 Å². The molecule has 164 valence electrons. The molecule has 0 saturated heterocycles. The fourth-order valence-corrected chi connectivity index (χ4v) is 3.73. The Hall–Kier alpha value is -3.22. The Labute approximate surface area is 195 Å². The Balaban J connectivity index is 1.50. The van der Waals surface area contributed by atoms with Crippen LogP contribution in [0.1, 0.15) is 12.5 Å². The van der Waals surface area contributed by atoms with Gasteiger partial charge in [0.05, 0.1) is 17.3 Å². The van der Waals surface area contributed by atoms with Crippen LogP contribution in [0, 0.1) is 0 Å². The van der Waals surface area contributed by atoms with Crippen molar-refractivity contribution in [1.82, 2.24) is 0 Å². The van der Waals surface area contributed by atoms with Crippen molar-refractivity contribution in [3.05, 3.63) is 82.3 Å². The largest absolute Gasteiger partial charge is 0.482 e. The summed E-state index contributed by atoms with van der Waals surface area (Å²) < 4.78 is 11.2. The quantitative estimate of drug-likeness (QED) is 0.528. The van der Waals surface area contributed by atoms with E-state index in [1.54, 1.807) is 48.2 Å². The summed E-state index contributed by atoms with van der Waals surface area (Å²) in [7, 11) is 0. The van der Waals surface area contributed by atoms with Gasteiger partial charge in [0.2, 0.25) is 0 Å². The van der Waals surface area contributed by atoms with Crippen LogP contribution in [0.25, 0.3) is 0 Å². The second-order valence-corrected chi connectivity index (χ2v) is 8.10. The highest BCUT2D eigenvalue weighted by molar-refractivity contribution is 6.35. The fraction of sp³-hybridized carbons (Fsp3) is 0.167. The molecule has 2 amide bonds. The van der Waals surface area contributed by atoms with Crippen LogP contribution in [0.3, 0.4) is 0 Å². The third-order valence-corrected chi connectivity index (χ3v) is 5.45. The number of hydrogen-bond donors (Lipinski definition) is 1. The van der Waals surface area contributed by atoms with Crippen molar-refractivity contribution < 1.29 is 19.1 Å². The summed E-state index contributed by atoms with van der Waals surface area (Å²) in [6.07, 6.45) is -0.817. The zero-order chi connectivity index (χ0) is 22.7. The van der Waals surface area contributed by atoms with Gasteiger partial charge in [0.15, 0.2) is 12.7 Å². The molecule has 0 saturated carbocycles. The average Bonchev–Trinajstić information content (AvgIpc) is 2.78. The van der Waals surface area contributed by atoms with E-state index < -0.39 is 6.10 Å². The molecule has 8 heteroatoms. The van der Waals surface area contributed by atoms with Gasteiger partial charge in [-0.15, -0.1) is 0 Å². The first-order valence-electron chi connectivity index (χ1n) is 9.94. The third kappa shape index (κ3) is 4.98. The first-order chi connectivity index (χ1) is 15.4. The highest BCUT2D eigenvalue weighted by Gasteiger charge is 2.26. The van der Waals surface area contributed by atoms with E-state index in [0.717, 1.165) is 5.56 Å². The molecular formula is C24H20Cl2N2O4. The number of anilines is 2. The van der Waals surface area contributed by atoms with Crippen molar-refractivity contribution in [3.8, 4) is 11.5 Å². The summed E-state index contributed by atoms with van der Waals surface area (Å²) in [5.41, 5.74) is 2.10. The van der Waals surface area contributed by atoms with E-state index in [0.29, 0.717) is 39.5 Å². The number of fused-ring (bicyclic) bond motifs is 1. The Morgan fingerprint density at radius 1 is 1.12 bits per heavy atom. The molecule has 1 heterocycles. The lowest BCUT2D eigenvalue weighted by Gasteiger charge is -2.30. The zero-order valence-corrected chi connectivity index (χ0v) is 18.7. The van der Waals surface area contributed by atoms with Crippen molar-refractivity contribution in [1.29, 1.82) is 0 Å². The van der Waals surface area contributed by atoms with E-state index in [4.69, 9.17) is 32.7 Å². The summed E-state index contributed by atoms with van der Waals surface area (Å²) in [4.78, 5) is 26.9. The van der Waals surface area contributed by atoms with Gasteiger partial charge in [0, 0.05) is 10.7 Å². The predicted octanol–water partition coefficient (Wildman–Crippen LogP) is 5.33. The number of rotatable bonds is 6. The van der Waals surface area contributed by atoms with E-state index in [1.165, 1.54) is 0 Å². The molecule has 4 rings (SSSR count). The molecule has 0 aromatic heterocycles. The topological polar surface area (TPSA) is 67.9 Å². The normalized spacial score (nSPS) is 13.7. The van der Waals surface area contributed by atoms with E-state index in [2.05, 4.69) is 5.32 Å². The minimum atomic E-state index is -0.817. The number of nitrogens with zero attached hydrogens (tertiary/aromatic N) is 1. The SMILES string of the molecule is CC(Oc1ccc(Cl)cc1Cl)C(=O)Nc1ccc2c(c1)N(Cc1ccccc1)C(=O)CO2. The Kier molecular flexibility index (Phi) is 6.53. The van der Waals surface area contributed by atoms with E-state index in [9.17, 15) is 9.59 Å². The Bertz CT molecular complexity index is 1150. The van der Waals surface area contributed by atoms with E-state index >= 15 is 0 Å². The number of hydrogen-bond acceptors (Lipinski definition) is 4. The van der Waals surface area contributed by atoms with Crippen LogP contribution in [0.5, 0.6) is 11.5 Å². The predicted molar refractivity (Wildman–Crippen MR) is 125 cm³/mol. The molecule has 1 unspecified atom stereocenters. The van der Waals surface area contributed by atoms with Crippen molar-refractivity contribution in [2.45, 2.75) is 19.6 Å². The van der Waals surface area contributed by atoms with Crippen molar-refractivity contribution in [3.63, 3.8) is 0 Å². The highest BCUT2D eigenvalue weighted by Crippen LogP contribution is 2.36. The molecule has 0 fully saturated rings. The van der Waals surface area contributed by atoms with Crippen molar-refractivity contribution in [2.75, 3.05) is 16.8 Å². The van der Waals surface area contributed by atoms with Gasteiger partial charge in [-0.25, -0.2) is 0 Å². The number of nitrogens with one attached hydrogen (secondary N) is 1. The fourth-order valence-electron chi connectivity index (χ4n) is 3.28. The number of carbonyl (C=O) groups excluding carboxylic acids is 2. The lowest BCUT2D eigenvalue weighted by Crippen LogP contribution is -2.38. The second kappa shape index (κ2) is 9.51. The first-order valence-corrected chi connectivity index (χ1v) is 10.7. The van der Waals surface area contributed by atoms with Gasteiger partial charge in [-0.05, 0) is 48.9 Å². The lowest BCUT2D eigenvalue weighted by atomic mass is 10.1. The third-order valence-electron chi connectivity index (χ3n) is 4.92. The molecular weight excluding hydrogens is 451 g/mol. The van der Waals surface area contributed by atoms with Crippen molar-refractivity contribution in [2.24, 2.45) is 0 Å². The highest BCUT2D eigenvalue weighted by atomic mass is 35.5.